The average Bonchev–Trinajstić information content (AvgIpc) is 2.39. The summed E-state index contributed by atoms with van der Waals surface area (Å²) < 4.78 is 0. The quantitative estimate of drug-likeness (QED) is 0.889. The minimum absolute atomic E-state index is 0.0897. The predicted octanol–water partition coefficient (Wildman–Crippen LogP) is 3.39. The van der Waals surface area contributed by atoms with Gasteiger partial charge >= 0.3 is 0 Å². The zero-order valence-corrected chi connectivity index (χ0v) is 11.1. The normalized spacial score (nSPS) is 12.4. The minimum atomic E-state index is -0.0897. The second-order valence-electron chi connectivity index (χ2n) is 4.76. The number of nitrogens with two attached hydrogens (primary N) is 1. The number of pyridine rings is 1. The Bertz CT molecular complexity index is 503. The van der Waals surface area contributed by atoms with Gasteiger partial charge in [0, 0.05) is 12.4 Å². The van der Waals surface area contributed by atoms with Gasteiger partial charge < -0.3 is 5.73 Å². The van der Waals surface area contributed by atoms with Crippen LogP contribution in [0.4, 0.5) is 0 Å². The fourth-order valence-electron chi connectivity index (χ4n) is 2.12. The highest BCUT2D eigenvalue weighted by Crippen LogP contribution is 2.20. The van der Waals surface area contributed by atoms with Crippen LogP contribution in [-0.2, 0) is 6.42 Å². The van der Waals surface area contributed by atoms with E-state index in [-0.39, 0.29) is 6.04 Å². The Hall–Kier alpha value is -1.67. The summed E-state index contributed by atoms with van der Waals surface area (Å²) in [6, 6.07) is 10.6. The molecule has 2 nitrogen and oxygen atoms in total. The SMILES string of the molecule is CCCc1ccc(C(N)c2cncc(C)c2)cc1. The summed E-state index contributed by atoms with van der Waals surface area (Å²) in [7, 11) is 0. The second-order valence-corrected chi connectivity index (χ2v) is 4.76. The number of hydrogen-bond acceptors (Lipinski definition) is 2. The number of aryl methyl sites for hydroxylation is 2. The van der Waals surface area contributed by atoms with E-state index in [0.29, 0.717) is 0 Å². The molecule has 2 aromatic rings. The molecular weight excluding hydrogens is 220 g/mol. The third-order valence-electron chi connectivity index (χ3n) is 3.13. The highest BCUT2D eigenvalue weighted by atomic mass is 14.7. The maximum atomic E-state index is 6.27. The van der Waals surface area contributed by atoms with Gasteiger partial charge in [-0.1, -0.05) is 43.7 Å². The zero-order chi connectivity index (χ0) is 13.0. The number of hydrogen-bond donors (Lipinski definition) is 1. The Morgan fingerprint density at radius 3 is 2.44 bits per heavy atom. The molecule has 0 spiro atoms. The van der Waals surface area contributed by atoms with Crippen LogP contribution >= 0.6 is 0 Å². The van der Waals surface area contributed by atoms with Crippen molar-refractivity contribution < 1.29 is 0 Å². The van der Waals surface area contributed by atoms with Gasteiger partial charge in [-0.25, -0.2) is 0 Å². The van der Waals surface area contributed by atoms with Gasteiger partial charge in [0.05, 0.1) is 6.04 Å². The van der Waals surface area contributed by atoms with Crippen molar-refractivity contribution in [3.05, 3.63) is 65.0 Å². The van der Waals surface area contributed by atoms with Crippen molar-refractivity contribution in [1.29, 1.82) is 0 Å². The second kappa shape index (κ2) is 5.78. The topological polar surface area (TPSA) is 38.9 Å². The standard InChI is InChI=1S/C16H20N2/c1-3-4-13-5-7-14(8-6-13)16(17)15-9-12(2)10-18-11-15/h5-11,16H,3-4,17H2,1-2H3. The van der Waals surface area contributed by atoms with E-state index in [4.69, 9.17) is 5.73 Å². The first-order valence-electron chi connectivity index (χ1n) is 6.46. The first kappa shape index (κ1) is 12.8. The third-order valence-corrected chi connectivity index (χ3v) is 3.13. The van der Waals surface area contributed by atoms with Crippen LogP contribution in [0, 0.1) is 6.92 Å². The van der Waals surface area contributed by atoms with Crippen molar-refractivity contribution in [3.8, 4) is 0 Å². The molecule has 1 atom stereocenters. The van der Waals surface area contributed by atoms with Crippen LogP contribution < -0.4 is 5.73 Å². The maximum Gasteiger partial charge on any atom is 0.0567 e. The van der Waals surface area contributed by atoms with Crippen molar-refractivity contribution >= 4 is 0 Å². The van der Waals surface area contributed by atoms with Gasteiger partial charge in [0.15, 0.2) is 0 Å². The lowest BCUT2D eigenvalue weighted by Crippen LogP contribution is -2.12. The van der Waals surface area contributed by atoms with Crippen molar-refractivity contribution in [1.82, 2.24) is 4.98 Å². The lowest BCUT2D eigenvalue weighted by Gasteiger charge is -2.13. The molecule has 2 heteroatoms. The molecule has 0 saturated carbocycles. The fraction of sp³-hybridized carbons (Fsp3) is 0.312. The van der Waals surface area contributed by atoms with Crippen molar-refractivity contribution in [3.63, 3.8) is 0 Å². The van der Waals surface area contributed by atoms with Gasteiger partial charge in [0.25, 0.3) is 0 Å². The molecule has 1 aromatic carbocycles. The Morgan fingerprint density at radius 1 is 1.11 bits per heavy atom. The molecule has 94 valence electrons. The van der Waals surface area contributed by atoms with E-state index in [1.165, 1.54) is 12.0 Å². The molecule has 1 aromatic heterocycles. The van der Waals surface area contributed by atoms with Gasteiger partial charge in [-0.2, -0.15) is 0 Å². The van der Waals surface area contributed by atoms with Gasteiger partial charge in [0.2, 0.25) is 0 Å². The number of aromatic nitrogens is 1. The fourth-order valence-corrected chi connectivity index (χ4v) is 2.12. The Morgan fingerprint density at radius 2 is 1.83 bits per heavy atom. The first-order valence-corrected chi connectivity index (χ1v) is 6.46. The molecule has 0 saturated heterocycles. The number of benzene rings is 1. The largest absolute Gasteiger partial charge is 0.320 e. The molecule has 1 unspecified atom stereocenters. The van der Waals surface area contributed by atoms with E-state index in [2.05, 4.69) is 42.2 Å². The molecule has 2 N–H and O–H groups in total. The summed E-state index contributed by atoms with van der Waals surface area (Å²) in [5, 5.41) is 0. The molecule has 0 aliphatic heterocycles. The van der Waals surface area contributed by atoms with E-state index in [9.17, 15) is 0 Å². The summed E-state index contributed by atoms with van der Waals surface area (Å²) in [4.78, 5) is 4.20. The van der Waals surface area contributed by atoms with Crippen LogP contribution in [0.3, 0.4) is 0 Å². The maximum absolute atomic E-state index is 6.27. The van der Waals surface area contributed by atoms with Crippen molar-refractivity contribution in [2.75, 3.05) is 0 Å². The van der Waals surface area contributed by atoms with Crippen molar-refractivity contribution in [2.24, 2.45) is 5.73 Å². The molecule has 0 amide bonds. The molecule has 0 bridgehead atoms. The monoisotopic (exact) mass is 240 g/mol. The summed E-state index contributed by atoms with van der Waals surface area (Å²) in [6.45, 7) is 4.23. The number of rotatable bonds is 4. The van der Waals surface area contributed by atoms with Gasteiger partial charge in [-0.15, -0.1) is 0 Å². The summed E-state index contributed by atoms with van der Waals surface area (Å²) in [6.07, 6.45) is 5.99. The van der Waals surface area contributed by atoms with E-state index < -0.39 is 0 Å². The van der Waals surface area contributed by atoms with E-state index >= 15 is 0 Å². The first-order chi connectivity index (χ1) is 8.70. The third kappa shape index (κ3) is 2.96. The summed E-state index contributed by atoms with van der Waals surface area (Å²) in [5.74, 6) is 0. The van der Waals surface area contributed by atoms with E-state index in [1.807, 2.05) is 19.3 Å². The average molecular weight is 240 g/mol. The molecule has 0 fully saturated rings. The van der Waals surface area contributed by atoms with Crippen LogP contribution in [0.5, 0.6) is 0 Å². The predicted molar refractivity (Wildman–Crippen MR) is 75.4 cm³/mol. The molecule has 1 heterocycles. The van der Waals surface area contributed by atoms with Gasteiger partial charge in [0.1, 0.15) is 0 Å². The van der Waals surface area contributed by atoms with E-state index in [1.54, 1.807) is 0 Å². The molecule has 0 aliphatic carbocycles. The van der Waals surface area contributed by atoms with Crippen LogP contribution in [0.2, 0.25) is 0 Å². The van der Waals surface area contributed by atoms with Crippen LogP contribution in [0.25, 0.3) is 0 Å². The van der Waals surface area contributed by atoms with Crippen LogP contribution in [-0.4, -0.2) is 4.98 Å². The molecule has 18 heavy (non-hydrogen) atoms. The van der Waals surface area contributed by atoms with E-state index in [0.717, 1.165) is 23.1 Å². The number of nitrogens with zero attached hydrogens (tertiary/aromatic N) is 1. The Labute approximate surface area is 109 Å². The molecule has 0 aliphatic rings. The Balaban J connectivity index is 2.20. The minimum Gasteiger partial charge on any atom is -0.320 e. The highest BCUT2D eigenvalue weighted by Gasteiger charge is 2.09. The zero-order valence-electron chi connectivity index (χ0n) is 11.1. The van der Waals surface area contributed by atoms with Gasteiger partial charge in [-0.05, 0) is 35.6 Å². The Kier molecular flexibility index (Phi) is 4.11. The van der Waals surface area contributed by atoms with Crippen molar-refractivity contribution in [2.45, 2.75) is 32.7 Å². The highest BCUT2D eigenvalue weighted by molar-refractivity contribution is 5.33. The smallest absolute Gasteiger partial charge is 0.0567 e. The summed E-state index contributed by atoms with van der Waals surface area (Å²) >= 11 is 0. The van der Waals surface area contributed by atoms with Crippen LogP contribution in [0.15, 0.2) is 42.7 Å². The molecule has 0 radical (unpaired) electrons. The molecular formula is C16H20N2. The lowest BCUT2D eigenvalue weighted by molar-refractivity contribution is 0.855. The van der Waals surface area contributed by atoms with Gasteiger partial charge in [-0.3, -0.25) is 4.98 Å². The lowest BCUT2D eigenvalue weighted by atomic mass is 9.98. The van der Waals surface area contributed by atoms with Crippen LogP contribution in [0.1, 0.15) is 41.6 Å². The summed E-state index contributed by atoms with van der Waals surface area (Å²) in [5.41, 5.74) is 11.0. The molecule has 2 rings (SSSR count).